The van der Waals surface area contributed by atoms with Crippen molar-refractivity contribution in [2.75, 3.05) is 32.1 Å². The molecule has 0 radical (unpaired) electrons. The smallest absolute Gasteiger partial charge is 0.227 e. The first-order valence-corrected chi connectivity index (χ1v) is 8.38. The van der Waals surface area contributed by atoms with Crippen LogP contribution in [0.2, 0.25) is 0 Å². The average molecular weight is 344 g/mol. The predicted molar refractivity (Wildman–Crippen MR) is 93.2 cm³/mol. The van der Waals surface area contributed by atoms with Crippen LogP contribution in [-0.2, 0) is 23.0 Å². The molecule has 1 aliphatic heterocycles. The molecule has 1 atom stereocenters. The van der Waals surface area contributed by atoms with Gasteiger partial charge in [-0.2, -0.15) is 5.10 Å². The molecule has 1 unspecified atom stereocenters. The monoisotopic (exact) mass is 344 g/mol. The maximum absolute atomic E-state index is 12.8. The summed E-state index contributed by atoms with van der Waals surface area (Å²) in [4.78, 5) is 23.3. The zero-order valence-corrected chi connectivity index (χ0v) is 15.1. The topological polar surface area (TPSA) is 85.2 Å². The van der Waals surface area contributed by atoms with Crippen LogP contribution in [0.1, 0.15) is 28.7 Å². The summed E-state index contributed by atoms with van der Waals surface area (Å²) in [6, 6.07) is 0. The number of nitrogens with zero attached hydrogens (tertiary/aromatic N) is 5. The van der Waals surface area contributed by atoms with E-state index in [0.29, 0.717) is 31.9 Å². The second-order valence-electron chi connectivity index (χ2n) is 6.19. The molecule has 8 heteroatoms. The average Bonchev–Trinajstić information content (AvgIpc) is 2.88. The van der Waals surface area contributed by atoms with Crippen molar-refractivity contribution in [2.24, 2.45) is 7.05 Å². The summed E-state index contributed by atoms with van der Waals surface area (Å²) in [6.45, 7) is 5.48. The molecule has 0 saturated carbocycles. The fraction of sp³-hybridized carbons (Fsp3) is 0.529. The van der Waals surface area contributed by atoms with Gasteiger partial charge < -0.3 is 15.0 Å². The Morgan fingerprint density at radius 2 is 2.12 bits per heavy atom. The van der Waals surface area contributed by atoms with E-state index in [4.69, 9.17) is 4.74 Å². The SMILES string of the molecule is CNc1nccnc1C1CN(C(=O)Cc2c(C)nn(C)c2C)CCO1. The third-order valence-electron chi connectivity index (χ3n) is 4.67. The zero-order chi connectivity index (χ0) is 18.0. The second kappa shape index (κ2) is 7.18. The van der Waals surface area contributed by atoms with E-state index in [2.05, 4.69) is 20.4 Å². The normalized spacial score (nSPS) is 17.6. The van der Waals surface area contributed by atoms with Crippen LogP contribution in [0.15, 0.2) is 12.4 Å². The minimum atomic E-state index is -0.273. The highest BCUT2D eigenvalue weighted by atomic mass is 16.5. The molecule has 25 heavy (non-hydrogen) atoms. The van der Waals surface area contributed by atoms with Gasteiger partial charge in [-0.1, -0.05) is 0 Å². The van der Waals surface area contributed by atoms with Gasteiger partial charge in [0.05, 0.1) is 25.3 Å². The Bertz CT molecular complexity index is 772. The Hall–Kier alpha value is -2.48. The molecule has 1 amide bonds. The second-order valence-corrected chi connectivity index (χ2v) is 6.19. The van der Waals surface area contributed by atoms with Crippen molar-refractivity contribution in [2.45, 2.75) is 26.4 Å². The van der Waals surface area contributed by atoms with Crippen LogP contribution in [0, 0.1) is 13.8 Å². The highest BCUT2D eigenvalue weighted by Crippen LogP contribution is 2.25. The number of anilines is 1. The number of carbonyl (C=O) groups excluding carboxylic acids is 1. The summed E-state index contributed by atoms with van der Waals surface area (Å²) in [7, 11) is 3.70. The lowest BCUT2D eigenvalue weighted by molar-refractivity contribution is -0.138. The van der Waals surface area contributed by atoms with E-state index in [1.165, 1.54) is 0 Å². The van der Waals surface area contributed by atoms with Crippen molar-refractivity contribution >= 4 is 11.7 Å². The minimum absolute atomic E-state index is 0.0856. The van der Waals surface area contributed by atoms with E-state index in [9.17, 15) is 4.79 Å². The molecule has 3 heterocycles. The van der Waals surface area contributed by atoms with Gasteiger partial charge in [-0.05, 0) is 13.8 Å². The van der Waals surface area contributed by atoms with Gasteiger partial charge in [0.15, 0.2) is 0 Å². The molecule has 8 nitrogen and oxygen atoms in total. The Morgan fingerprint density at radius 3 is 2.80 bits per heavy atom. The number of nitrogens with one attached hydrogen (secondary N) is 1. The molecule has 2 aromatic heterocycles. The maximum Gasteiger partial charge on any atom is 0.227 e. The highest BCUT2D eigenvalue weighted by Gasteiger charge is 2.29. The molecule has 0 spiro atoms. The lowest BCUT2D eigenvalue weighted by atomic mass is 10.1. The van der Waals surface area contributed by atoms with Gasteiger partial charge in [-0.3, -0.25) is 14.5 Å². The summed E-state index contributed by atoms with van der Waals surface area (Å²) in [5, 5.41) is 7.42. The molecule has 0 aromatic carbocycles. The van der Waals surface area contributed by atoms with Crippen LogP contribution in [0.4, 0.5) is 5.82 Å². The van der Waals surface area contributed by atoms with Gasteiger partial charge >= 0.3 is 0 Å². The van der Waals surface area contributed by atoms with Crippen LogP contribution in [0.3, 0.4) is 0 Å². The van der Waals surface area contributed by atoms with E-state index in [-0.39, 0.29) is 12.0 Å². The van der Waals surface area contributed by atoms with Crippen molar-refractivity contribution in [3.63, 3.8) is 0 Å². The molecular weight excluding hydrogens is 320 g/mol. The van der Waals surface area contributed by atoms with E-state index in [1.807, 2.05) is 30.5 Å². The number of morpholine rings is 1. The van der Waals surface area contributed by atoms with Gasteiger partial charge in [0.1, 0.15) is 17.6 Å². The highest BCUT2D eigenvalue weighted by molar-refractivity contribution is 5.79. The van der Waals surface area contributed by atoms with Crippen LogP contribution in [0.25, 0.3) is 0 Å². The lowest BCUT2D eigenvalue weighted by Crippen LogP contribution is -2.43. The fourth-order valence-corrected chi connectivity index (χ4v) is 3.15. The summed E-state index contributed by atoms with van der Waals surface area (Å²) in [5.74, 6) is 0.767. The van der Waals surface area contributed by atoms with Crippen molar-refractivity contribution in [3.05, 3.63) is 35.0 Å². The van der Waals surface area contributed by atoms with Crippen LogP contribution in [-0.4, -0.2) is 57.3 Å². The Balaban J connectivity index is 1.73. The molecule has 1 N–H and O–H groups in total. The molecule has 0 aliphatic carbocycles. The molecule has 1 aliphatic rings. The van der Waals surface area contributed by atoms with Gasteiger partial charge in [0.2, 0.25) is 5.91 Å². The van der Waals surface area contributed by atoms with E-state index in [1.54, 1.807) is 19.4 Å². The summed E-state index contributed by atoms with van der Waals surface area (Å²) in [5.41, 5.74) is 3.67. The van der Waals surface area contributed by atoms with Gasteiger partial charge in [-0.15, -0.1) is 0 Å². The van der Waals surface area contributed by atoms with E-state index >= 15 is 0 Å². The quantitative estimate of drug-likeness (QED) is 0.891. The van der Waals surface area contributed by atoms with Gasteiger partial charge in [-0.25, -0.2) is 4.98 Å². The van der Waals surface area contributed by atoms with Crippen molar-refractivity contribution in [1.82, 2.24) is 24.6 Å². The molecule has 1 fully saturated rings. The number of hydrogen-bond acceptors (Lipinski definition) is 6. The molecular formula is C17H24N6O2. The number of amides is 1. The van der Waals surface area contributed by atoms with E-state index < -0.39 is 0 Å². The fourth-order valence-electron chi connectivity index (χ4n) is 3.15. The van der Waals surface area contributed by atoms with E-state index in [0.717, 1.165) is 22.6 Å². The first-order chi connectivity index (χ1) is 12.0. The first kappa shape index (κ1) is 17.3. The number of rotatable bonds is 4. The third-order valence-corrected chi connectivity index (χ3v) is 4.67. The minimum Gasteiger partial charge on any atom is -0.372 e. The molecule has 3 rings (SSSR count). The Labute approximate surface area is 147 Å². The molecule has 1 saturated heterocycles. The standard InChI is InChI=1S/C17H24N6O2/c1-11-13(12(2)22(4)21-11)9-15(24)23-7-8-25-14(10-23)16-17(18-3)20-6-5-19-16/h5-6,14H,7-10H2,1-4H3,(H,18,20). The summed E-state index contributed by atoms with van der Waals surface area (Å²) in [6.07, 6.45) is 3.36. The summed E-state index contributed by atoms with van der Waals surface area (Å²) < 4.78 is 7.65. The largest absolute Gasteiger partial charge is 0.372 e. The summed E-state index contributed by atoms with van der Waals surface area (Å²) >= 11 is 0. The third kappa shape index (κ3) is 3.48. The Morgan fingerprint density at radius 1 is 1.36 bits per heavy atom. The van der Waals surface area contributed by atoms with Crippen LogP contribution >= 0.6 is 0 Å². The van der Waals surface area contributed by atoms with Crippen molar-refractivity contribution < 1.29 is 9.53 Å². The Kier molecular flexibility index (Phi) is 4.98. The van der Waals surface area contributed by atoms with Crippen molar-refractivity contribution in [3.8, 4) is 0 Å². The first-order valence-electron chi connectivity index (χ1n) is 8.38. The van der Waals surface area contributed by atoms with Crippen LogP contribution < -0.4 is 5.32 Å². The molecule has 134 valence electrons. The molecule has 0 bridgehead atoms. The zero-order valence-electron chi connectivity index (χ0n) is 15.1. The lowest BCUT2D eigenvalue weighted by Gasteiger charge is -2.33. The number of aromatic nitrogens is 4. The van der Waals surface area contributed by atoms with Crippen molar-refractivity contribution in [1.29, 1.82) is 0 Å². The van der Waals surface area contributed by atoms with Gasteiger partial charge in [0.25, 0.3) is 0 Å². The van der Waals surface area contributed by atoms with Gasteiger partial charge in [0, 0.05) is 44.3 Å². The van der Waals surface area contributed by atoms with Crippen LogP contribution in [0.5, 0.6) is 0 Å². The number of aryl methyl sites for hydroxylation is 2. The number of carbonyl (C=O) groups is 1. The molecule has 2 aromatic rings. The maximum atomic E-state index is 12.8. The number of hydrogen-bond donors (Lipinski definition) is 1. The number of ether oxygens (including phenoxy) is 1. The predicted octanol–water partition coefficient (Wildman–Crippen LogP) is 1.01.